The molecule has 7 nitrogen and oxygen atoms in total. The molecule has 1 N–H and O–H groups in total. The fraction of sp³-hybridized carbons (Fsp3) is 0.462. The fourth-order valence-corrected chi connectivity index (χ4v) is 5.01. The number of carbonyl (C=O) groups excluding carboxylic acids is 1. The van der Waals surface area contributed by atoms with Crippen LogP contribution in [0.25, 0.3) is 11.1 Å². The van der Waals surface area contributed by atoms with Gasteiger partial charge in [0, 0.05) is 36.9 Å². The number of fused-ring (bicyclic) bond motifs is 1. The van der Waals surface area contributed by atoms with Crippen LogP contribution in [-0.2, 0) is 9.53 Å². The van der Waals surface area contributed by atoms with Crippen LogP contribution >= 0.6 is 0 Å². The molecule has 0 aliphatic carbocycles. The lowest BCUT2D eigenvalue weighted by molar-refractivity contribution is -0.117. The SMILES string of the molecule is CC1CN(c2ccc(NC(=O)CN3CCCC(c4nc5ccccc5o4)C3)cc2)CC(C)O1. The highest BCUT2D eigenvalue weighted by molar-refractivity contribution is 5.92. The van der Waals surface area contributed by atoms with E-state index in [2.05, 4.69) is 46.1 Å². The third-order valence-corrected chi connectivity index (χ3v) is 6.47. The Morgan fingerprint density at radius 3 is 2.58 bits per heavy atom. The highest BCUT2D eigenvalue weighted by atomic mass is 16.5. The van der Waals surface area contributed by atoms with Crippen molar-refractivity contribution in [1.29, 1.82) is 0 Å². The van der Waals surface area contributed by atoms with Crippen LogP contribution in [0, 0.1) is 0 Å². The molecule has 2 fully saturated rings. The van der Waals surface area contributed by atoms with E-state index >= 15 is 0 Å². The highest BCUT2D eigenvalue weighted by Crippen LogP contribution is 2.29. The van der Waals surface area contributed by atoms with Gasteiger partial charge in [-0.15, -0.1) is 0 Å². The van der Waals surface area contributed by atoms with Gasteiger partial charge in [-0.05, 0) is 69.6 Å². The van der Waals surface area contributed by atoms with Crippen molar-refractivity contribution in [2.24, 2.45) is 0 Å². The third-order valence-electron chi connectivity index (χ3n) is 6.47. The summed E-state index contributed by atoms with van der Waals surface area (Å²) in [5.74, 6) is 1.01. The van der Waals surface area contributed by atoms with Gasteiger partial charge in [0.15, 0.2) is 11.5 Å². The molecule has 1 aromatic heterocycles. The van der Waals surface area contributed by atoms with Crippen molar-refractivity contribution in [1.82, 2.24) is 9.88 Å². The molecule has 0 bridgehead atoms. The van der Waals surface area contributed by atoms with E-state index in [1.54, 1.807) is 0 Å². The molecule has 2 aliphatic rings. The summed E-state index contributed by atoms with van der Waals surface area (Å²) in [6.45, 7) is 8.04. The number of para-hydroxylation sites is 2. The van der Waals surface area contributed by atoms with E-state index in [4.69, 9.17) is 9.15 Å². The average Bonchev–Trinajstić information content (AvgIpc) is 3.23. The van der Waals surface area contributed by atoms with Crippen molar-refractivity contribution in [3.05, 3.63) is 54.4 Å². The predicted molar refractivity (Wildman–Crippen MR) is 130 cm³/mol. The Hall–Kier alpha value is -2.90. The fourth-order valence-electron chi connectivity index (χ4n) is 5.01. The normalized spacial score (nSPS) is 24.2. The molecule has 3 atom stereocenters. The van der Waals surface area contributed by atoms with E-state index in [0.717, 1.165) is 67.4 Å². The van der Waals surface area contributed by atoms with E-state index in [9.17, 15) is 4.79 Å². The molecule has 0 radical (unpaired) electrons. The number of morpholine rings is 1. The number of aromatic nitrogens is 1. The number of nitrogens with one attached hydrogen (secondary N) is 1. The van der Waals surface area contributed by atoms with Crippen LogP contribution in [-0.4, -0.2) is 60.7 Å². The van der Waals surface area contributed by atoms with Gasteiger partial charge in [-0.2, -0.15) is 0 Å². The van der Waals surface area contributed by atoms with Gasteiger partial charge < -0.3 is 19.4 Å². The summed E-state index contributed by atoms with van der Waals surface area (Å²) < 4.78 is 11.8. The molecule has 3 aromatic rings. The molecule has 1 amide bonds. The zero-order valence-electron chi connectivity index (χ0n) is 19.4. The van der Waals surface area contributed by atoms with Crippen LogP contribution < -0.4 is 10.2 Å². The molecule has 2 aromatic carbocycles. The molecule has 5 rings (SSSR count). The molecule has 3 unspecified atom stereocenters. The summed E-state index contributed by atoms with van der Waals surface area (Å²) in [6.07, 6.45) is 2.50. The number of ether oxygens (including phenoxy) is 1. The summed E-state index contributed by atoms with van der Waals surface area (Å²) in [5, 5.41) is 3.05. The zero-order valence-corrected chi connectivity index (χ0v) is 19.4. The Labute approximate surface area is 194 Å². The standard InChI is InChI=1S/C26H32N4O3/c1-18-14-30(15-19(2)32-18)22-11-9-21(10-12-22)27-25(31)17-29-13-5-6-20(16-29)26-28-23-7-3-4-8-24(23)33-26/h3-4,7-12,18-20H,5-6,13-17H2,1-2H3,(H,27,31). The molecular weight excluding hydrogens is 416 g/mol. The molecule has 0 spiro atoms. The van der Waals surface area contributed by atoms with Gasteiger partial charge in [0.05, 0.1) is 18.8 Å². The van der Waals surface area contributed by atoms with Crippen LogP contribution in [0.2, 0.25) is 0 Å². The highest BCUT2D eigenvalue weighted by Gasteiger charge is 2.27. The van der Waals surface area contributed by atoms with E-state index < -0.39 is 0 Å². The average molecular weight is 449 g/mol. The van der Waals surface area contributed by atoms with E-state index in [-0.39, 0.29) is 24.0 Å². The molecule has 33 heavy (non-hydrogen) atoms. The Balaban J connectivity index is 1.16. The maximum atomic E-state index is 12.7. The van der Waals surface area contributed by atoms with Crippen LogP contribution in [0.1, 0.15) is 38.5 Å². The van der Waals surface area contributed by atoms with Crippen molar-refractivity contribution < 1.29 is 13.9 Å². The Morgan fingerprint density at radius 2 is 1.82 bits per heavy atom. The second kappa shape index (κ2) is 9.53. The van der Waals surface area contributed by atoms with E-state index in [0.29, 0.717) is 6.54 Å². The third kappa shape index (κ3) is 5.20. The first kappa shape index (κ1) is 21.9. The Morgan fingerprint density at radius 1 is 1.06 bits per heavy atom. The Kier molecular flexibility index (Phi) is 6.33. The maximum absolute atomic E-state index is 12.7. The summed E-state index contributed by atoms with van der Waals surface area (Å²) in [5.41, 5.74) is 3.71. The molecule has 7 heteroatoms. The van der Waals surface area contributed by atoms with Crippen molar-refractivity contribution in [3.8, 4) is 0 Å². The van der Waals surface area contributed by atoms with Gasteiger partial charge >= 0.3 is 0 Å². The number of hydrogen-bond acceptors (Lipinski definition) is 6. The van der Waals surface area contributed by atoms with Crippen molar-refractivity contribution in [2.75, 3.05) is 42.9 Å². The lowest BCUT2D eigenvalue weighted by atomic mass is 9.98. The quantitative estimate of drug-likeness (QED) is 0.629. The van der Waals surface area contributed by atoms with Crippen molar-refractivity contribution in [2.45, 2.75) is 44.8 Å². The van der Waals surface area contributed by atoms with Gasteiger partial charge in [-0.25, -0.2) is 4.98 Å². The number of amides is 1. The van der Waals surface area contributed by atoms with Crippen LogP contribution in [0.3, 0.4) is 0 Å². The van der Waals surface area contributed by atoms with Gasteiger partial charge in [0.25, 0.3) is 0 Å². The monoisotopic (exact) mass is 448 g/mol. The molecular formula is C26H32N4O3. The topological polar surface area (TPSA) is 70.8 Å². The first-order chi connectivity index (χ1) is 16.0. The summed E-state index contributed by atoms with van der Waals surface area (Å²) in [4.78, 5) is 21.9. The van der Waals surface area contributed by atoms with Crippen molar-refractivity contribution >= 4 is 28.4 Å². The first-order valence-electron chi connectivity index (χ1n) is 11.9. The lowest BCUT2D eigenvalue weighted by Crippen LogP contribution is -2.45. The number of rotatable bonds is 5. The van der Waals surface area contributed by atoms with Gasteiger partial charge in [0.2, 0.25) is 5.91 Å². The molecule has 2 saturated heterocycles. The number of carbonyl (C=O) groups is 1. The minimum Gasteiger partial charge on any atom is -0.440 e. The smallest absolute Gasteiger partial charge is 0.238 e. The Bertz CT molecular complexity index is 1050. The number of nitrogens with zero attached hydrogens (tertiary/aromatic N) is 3. The zero-order chi connectivity index (χ0) is 22.8. The number of benzene rings is 2. The molecule has 3 heterocycles. The summed E-state index contributed by atoms with van der Waals surface area (Å²) in [7, 11) is 0. The second-order valence-electron chi connectivity index (χ2n) is 9.35. The predicted octanol–water partition coefficient (Wildman–Crippen LogP) is 4.26. The number of piperidine rings is 1. The van der Waals surface area contributed by atoms with Crippen LogP contribution in [0.4, 0.5) is 11.4 Å². The van der Waals surface area contributed by atoms with Crippen molar-refractivity contribution in [3.63, 3.8) is 0 Å². The summed E-state index contributed by atoms with van der Waals surface area (Å²) >= 11 is 0. The minimum absolute atomic E-state index is 0.00887. The molecule has 0 saturated carbocycles. The largest absolute Gasteiger partial charge is 0.440 e. The number of hydrogen-bond donors (Lipinski definition) is 1. The number of anilines is 2. The molecule has 174 valence electrons. The summed E-state index contributed by atoms with van der Waals surface area (Å²) in [6, 6.07) is 16.0. The van der Waals surface area contributed by atoms with Gasteiger partial charge in [-0.3, -0.25) is 9.69 Å². The molecule has 2 aliphatic heterocycles. The second-order valence-corrected chi connectivity index (χ2v) is 9.35. The van der Waals surface area contributed by atoms with Crippen LogP contribution in [0.5, 0.6) is 0 Å². The number of oxazole rings is 1. The van der Waals surface area contributed by atoms with E-state index in [1.807, 2.05) is 36.4 Å². The number of likely N-dealkylation sites (tertiary alicyclic amines) is 1. The van der Waals surface area contributed by atoms with Gasteiger partial charge in [-0.1, -0.05) is 12.1 Å². The minimum atomic E-state index is 0.00887. The van der Waals surface area contributed by atoms with Gasteiger partial charge in [0.1, 0.15) is 5.52 Å². The van der Waals surface area contributed by atoms with E-state index in [1.165, 1.54) is 0 Å². The van der Waals surface area contributed by atoms with Crippen LogP contribution in [0.15, 0.2) is 52.9 Å². The lowest BCUT2D eigenvalue weighted by Gasteiger charge is -2.36. The first-order valence-corrected chi connectivity index (χ1v) is 11.9. The maximum Gasteiger partial charge on any atom is 0.238 e.